The quantitative estimate of drug-likeness (QED) is 0.750. The minimum atomic E-state index is -0.372. The normalized spacial score (nSPS) is 32.9. The zero-order valence-corrected chi connectivity index (χ0v) is 11.4. The third kappa shape index (κ3) is 1.83. The monoisotopic (exact) mass is 245 g/mol. The summed E-state index contributed by atoms with van der Waals surface area (Å²) in [6.07, 6.45) is 0.0748. The maximum absolute atomic E-state index is 5.85. The van der Waals surface area contributed by atoms with E-state index in [1.54, 1.807) is 0 Å². The highest BCUT2D eigenvalue weighted by Gasteiger charge is 2.60. The van der Waals surface area contributed by atoms with E-state index in [-0.39, 0.29) is 17.2 Å². The van der Waals surface area contributed by atoms with E-state index in [1.807, 2.05) is 0 Å². The minimum Gasteiger partial charge on any atom is -0.476 e. The number of epoxide rings is 1. The van der Waals surface area contributed by atoms with Crippen molar-refractivity contribution in [3.05, 3.63) is 35.4 Å². The van der Waals surface area contributed by atoms with Gasteiger partial charge in [0.2, 0.25) is 5.90 Å². The first-order chi connectivity index (χ1) is 8.41. The summed E-state index contributed by atoms with van der Waals surface area (Å²) in [6.45, 7) is 8.93. The van der Waals surface area contributed by atoms with Crippen LogP contribution in [0.15, 0.2) is 29.3 Å². The van der Waals surface area contributed by atoms with Crippen LogP contribution < -0.4 is 0 Å². The van der Waals surface area contributed by atoms with Crippen molar-refractivity contribution in [2.75, 3.05) is 6.61 Å². The average Bonchev–Trinajstić information content (AvgIpc) is 2.85. The lowest BCUT2D eigenvalue weighted by atomic mass is 10.00. The number of ether oxygens (including phenoxy) is 2. The van der Waals surface area contributed by atoms with Crippen LogP contribution in [0.25, 0.3) is 0 Å². The summed E-state index contributed by atoms with van der Waals surface area (Å²) in [5.74, 6) is 0.748. The Balaban J connectivity index is 1.82. The van der Waals surface area contributed by atoms with Gasteiger partial charge in [0.1, 0.15) is 12.7 Å². The van der Waals surface area contributed by atoms with Crippen LogP contribution in [-0.4, -0.2) is 23.6 Å². The molecule has 1 aromatic rings. The molecule has 0 aliphatic carbocycles. The van der Waals surface area contributed by atoms with Gasteiger partial charge in [0.25, 0.3) is 0 Å². The number of aliphatic imine (C=N–C) groups is 1. The van der Waals surface area contributed by atoms with Gasteiger partial charge in [-0.2, -0.15) is 0 Å². The van der Waals surface area contributed by atoms with Gasteiger partial charge in [-0.25, -0.2) is 4.99 Å². The van der Waals surface area contributed by atoms with Crippen LogP contribution in [0, 0.1) is 6.92 Å². The summed E-state index contributed by atoms with van der Waals surface area (Å²) in [5, 5.41) is 0. The van der Waals surface area contributed by atoms with Crippen LogP contribution in [0.1, 0.15) is 38.0 Å². The second-order valence-electron chi connectivity index (χ2n) is 6.03. The molecule has 2 heterocycles. The SMILES string of the molecule is Cc1ccc([C@H]2O[C@@]2(C)C2=NC(C)(C)CO2)cc1. The highest BCUT2D eigenvalue weighted by atomic mass is 16.6. The zero-order valence-electron chi connectivity index (χ0n) is 11.4. The summed E-state index contributed by atoms with van der Waals surface area (Å²) < 4.78 is 11.5. The molecule has 96 valence electrons. The van der Waals surface area contributed by atoms with Gasteiger partial charge in [-0.3, -0.25) is 0 Å². The lowest BCUT2D eigenvalue weighted by Gasteiger charge is -2.07. The van der Waals surface area contributed by atoms with E-state index in [2.05, 4.69) is 57.0 Å². The van der Waals surface area contributed by atoms with Gasteiger partial charge in [0.15, 0.2) is 5.60 Å². The number of nitrogens with zero attached hydrogens (tertiary/aromatic N) is 1. The van der Waals surface area contributed by atoms with Crippen LogP contribution in [-0.2, 0) is 9.47 Å². The Morgan fingerprint density at radius 2 is 1.83 bits per heavy atom. The first kappa shape index (κ1) is 11.7. The highest BCUT2D eigenvalue weighted by molar-refractivity contribution is 5.90. The fraction of sp³-hybridized carbons (Fsp3) is 0.533. The van der Waals surface area contributed by atoms with E-state index in [9.17, 15) is 0 Å². The minimum absolute atomic E-state index is 0.0748. The van der Waals surface area contributed by atoms with Gasteiger partial charge < -0.3 is 9.47 Å². The van der Waals surface area contributed by atoms with Gasteiger partial charge in [-0.1, -0.05) is 29.8 Å². The van der Waals surface area contributed by atoms with E-state index in [1.165, 1.54) is 11.1 Å². The van der Waals surface area contributed by atoms with Gasteiger partial charge in [0.05, 0.1) is 5.54 Å². The van der Waals surface area contributed by atoms with Crippen LogP contribution in [0.4, 0.5) is 0 Å². The number of hydrogen-bond acceptors (Lipinski definition) is 3. The van der Waals surface area contributed by atoms with E-state index >= 15 is 0 Å². The molecular weight excluding hydrogens is 226 g/mol. The molecule has 1 saturated heterocycles. The fourth-order valence-corrected chi connectivity index (χ4v) is 2.34. The summed E-state index contributed by atoms with van der Waals surface area (Å²) in [7, 11) is 0. The molecule has 0 amide bonds. The van der Waals surface area contributed by atoms with Gasteiger partial charge >= 0.3 is 0 Å². The first-order valence-corrected chi connectivity index (χ1v) is 6.38. The molecule has 0 bridgehead atoms. The van der Waals surface area contributed by atoms with Gasteiger partial charge in [0, 0.05) is 0 Å². The molecule has 1 aromatic carbocycles. The molecular formula is C15H19NO2. The lowest BCUT2D eigenvalue weighted by Crippen LogP contribution is -2.21. The molecule has 18 heavy (non-hydrogen) atoms. The molecule has 3 heteroatoms. The molecule has 0 spiro atoms. The Hall–Kier alpha value is -1.35. The first-order valence-electron chi connectivity index (χ1n) is 6.38. The van der Waals surface area contributed by atoms with Crippen LogP contribution in [0.3, 0.4) is 0 Å². The molecule has 1 fully saturated rings. The number of hydrogen-bond donors (Lipinski definition) is 0. The Kier molecular flexibility index (Phi) is 2.33. The number of rotatable bonds is 2. The molecule has 3 nitrogen and oxygen atoms in total. The maximum Gasteiger partial charge on any atom is 0.220 e. The van der Waals surface area contributed by atoms with Crippen molar-refractivity contribution in [3.8, 4) is 0 Å². The van der Waals surface area contributed by atoms with Crippen molar-refractivity contribution in [1.29, 1.82) is 0 Å². The standard InChI is InChI=1S/C15H19NO2/c1-10-5-7-11(8-6-10)12-15(4,18-12)13-16-14(2,3)9-17-13/h5-8,12H,9H2,1-4H3/t12-,15-/m1/s1. The average molecular weight is 245 g/mol. The van der Waals surface area contributed by atoms with Gasteiger partial charge in [-0.15, -0.1) is 0 Å². The highest BCUT2D eigenvalue weighted by Crippen LogP contribution is 2.51. The summed E-state index contributed by atoms with van der Waals surface area (Å²) >= 11 is 0. The van der Waals surface area contributed by atoms with E-state index < -0.39 is 0 Å². The van der Waals surface area contributed by atoms with Gasteiger partial charge in [-0.05, 0) is 33.3 Å². The van der Waals surface area contributed by atoms with Crippen molar-refractivity contribution >= 4 is 5.90 Å². The third-order valence-corrected chi connectivity index (χ3v) is 3.58. The molecule has 0 aromatic heterocycles. The summed E-state index contributed by atoms with van der Waals surface area (Å²) in [5.41, 5.74) is 1.96. The molecule has 0 radical (unpaired) electrons. The zero-order chi connectivity index (χ0) is 13.0. The predicted molar refractivity (Wildman–Crippen MR) is 70.9 cm³/mol. The lowest BCUT2D eigenvalue weighted by molar-refractivity contribution is 0.251. The molecule has 2 atom stereocenters. The number of benzene rings is 1. The molecule has 2 aliphatic rings. The van der Waals surface area contributed by atoms with Crippen molar-refractivity contribution in [2.24, 2.45) is 4.99 Å². The molecule has 2 aliphatic heterocycles. The Morgan fingerprint density at radius 1 is 1.17 bits per heavy atom. The van der Waals surface area contributed by atoms with Crippen molar-refractivity contribution in [2.45, 2.75) is 44.9 Å². The van der Waals surface area contributed by atoms with E-state index in [0.29, 0.717) is 6.61 Å². The fourth-order valence-electron chi connectivity index (χ4n) is 2.34. The summed E-state index contributed by atoms with van der Waals surface area (Å²) in [4.78, 5) is 4.62. The molecule has 3 rings (SSSR count). The third-order valence-electron chi connectivity index (χ3n) is 3.58. The smallest absolute Gasteiger partial charge is 0.220 e. The van der Waals surface area contributed by atoms with Crippen LogP contribution in [0.2, 0.25) is 0 Å². The van der Waals surface area contributed by atoms with Crippen molar-refractivity contribution in [1.82, 2.24) is 0 Å². The topological polar surface area (TPSA) is 34.1 Å². The maximum atomic E-state index is 5.85. The largest absolute Gasteiger partial charge is 0.476 e. The van der Waals surface area contributed by atoms with Crippen LogP contribution >= 0.6 is 0 Å². The van der Waals surface area contributed by atoms with E-state index in [4.69, 9.17) is 9.47 Å². The van der Waals surface area contributed by atoms with E-state index in [0.717, 1.165) is 5.90 Å². The summed E-state index contributed by atoms with van der Waals surface area (Å²) in [6, 6.07) is 8.45. The van der Waals surface area contributed by atoms with Crippen LogP contribution in [0.5, 0.6) is 0 Å². The Bertz CT molecular complexity index is 504. The number of aryl methyl sites for hydroxylation is 1. The molecule has 0 N–H and O–H groups in total. The Labute approximate surface area is 108 Å². The van der Waals surface area contributed by atoms with Crippen molar-refractivity contribution in [3.63, 3.8) is 0 Å². The molecule has 0 saturated carbocycles. The second kappa shape index (κ2) is 3.58. The molecule has 0 unspecified atom stereocenters. The second-order valence-corrected chi connectivity index (χ2v) is 6.03. The van der Waals surface area contributed by atoms with Crippen molar-refractivity contribution < 1.29 is 9.47 Å². The predicted octanol–water partition coefficient (Wildman–Crippen LogP) is 3.03. The Morgan fingerprint density at radius 3 is 2.39 bits per heavy atom.